The van der Waals surface area contributed by atoms with Gasteiger partial charge in [-0.2, -0.15) is 0 Å². The van der Waals surface area contributed by atoms with Crippen LogP contribution in [0.25, 0.3) is 0 Å². The van der Waals surface area contributed by atoms with Gasteiger partial charge in [-0.15, -0.1) is 0 Å². The summed E-state index contributed by atoms with van der Waals surface area (Å²) in [6.07, 6.45) is 0. The van der Waals surface area contributed by atoms with E-state index in [4.69, 9.17) is 2.85 Å². The summed E-state index contributed by atoms with van der Waals surface area (Å²) < 4.78 is 10.8. The molecular weight excluding hydrogens is 627 g/mol. The Morgan fingerprint density at radius 2 is 0.684 bits per heavy atom. The van der Waals surface area contributed by atoms with Crippen LogP contribution in [-0.4, -0.2) is 0 Å². The Hall–Kier alpha value is -2.45. The molecule has 198 valence electrons. The molecule has 4 aromatic carbocycles. The quantitative estimate of drug-likeness (QED) is 0.144. The van der Waals surface area contributed by atoms with Crippen molar-refractivity contribution >= 4 is 0 Å². The van der Waals surface area contributed by atoms with Crippen LogP contribution in [-0.2, 0) is 36.7 Å². The summed E-state index contributed by atoms with van der Waals surface area (Å²) in [5.74, 6) is 1.03. The van der Waals surface area contributed by atoms with Gasteiger partial charge in [0.2, 0.25) is 0 Å². The molecule has 1 nitrogen and oxygen atoms in total. The SMILES string of the molecule is CC(C)([CH2][Hf]([CH2]C(C)(C)c1ccccc1)([CH2]C(C)(C)c1ccccc1)[O]c1ccccc1)c1ccccc1. The maximum absolute atomic E-state index is 7.50. The first-order valence-electron chi connectivity index (χ1n) is 13.9. The van der Waals surface area contributed by atoms with E-state index in [9.17, 15) is 0 Å². The van der Waals surface area contributed by atoms with Gasteiger partial charge in [0.25, 0.3) is 0 Å². The fourth-order valence-corrected chi connectivity index (χ4v) is 30.4. The van der Waals surface area contributed by atoms with E-state index < -0.39 is 20.4 Å². The van der Waals surface area contributed by atoms with Crippen molar-refractivity contribution in [3.05, 3.63) is 138 Å². The Bertz CT molecular complexity index is 1130. The van der Waals surface area contributed by atoms with Crippen molar-refractivity contribution in [2.45, 2.75) is 70.3 Å². The predicted octanol–water partition coefficient (Wildman–Crippen LogP) is 10.3. The Morgan fingerprint density at radius 3 is 0.974 bits per heavy atom. The monoisotopic (exact) mass is 672 g/mol. The van der Waals surface area contributed by atoms with Crippen molar-refractivity contribution in [3.63, 3.8) is 0 Å². The van der Waals surface area contributed by atoms with Crippen molar-refractivity contribution in [1.82, 2.24) is 0 Å². The topological polar surface area (TPSA) is 9.23 Å². The van der Waals surface area contributed by atoms with Gasteiger partial charge in [0.05, 0.1) is 0 Å². The summed E-state index contributed by atoms with van der Waals surface area (Å²) in [6.45, 7) is 14.6. The first-order valence-corrected chi connectivity index (χ1v) is 23.0. The fraction of sp³-hybridized carbons (Fsp3) is 0.333. The molecule has 0 aliphatic carbocycles. The molecular formula is C36H44HfO. The summed E-state index contributed by atoms with van der Waals surface area (Å²) in [5.41, 5.74) is 4.23. The average molecular weight is 671 g/mol. The van der Waals surface area contributed by atoms with Gasteiger partial charge < -0.3 is 0 Å². The van der Waals surface area contributed by atoms with Gasteiger partial charge in [-0.3, -0.25) is 0 Å². The van der Waals surface area contributed by atoms with Crippen LogP contribution in [0.4, 0.5) is 0 Å². The zero-order valence-corrected chi connectivity index (χ0v) is 27.7. The molecule has 0 N–H and O–H groups in total. The summed E-state index contributed by atoms with van der Waals surface area (Å²) in [7, 11) is 0. The minimum atomic E-state index is -3.73. The molecule has 4 rings (SSSR count). The first kappa shape index (κ1) is 28.6. The molecule has 0 unspecified atom stereocenters. The van der Waals surface area contributed by atoms with E-state index in [-0.39, 0.29) is 16.2 Å². The second-order valence-corrected chi connectivity index (χ2v) is 25.9. The third-order valence-electron chi connectivity index (χ3n) is 8.04. The zero-order chi connectivity index (χ0) is 27.3. The van der Waals surface area contributed by atoms with Gasteiger partial charge in [-0.05, 0) is 0 Å². The zero-order valence-electron chi connectivity index (χ0n) is 24.1. The van der Waals surface area contributed by atoms with Gasteiger partial charge >= 0.3 is 237 Å². The van der Waals surface area contributed by atoms with Gasteiger partial charge in [0.1, 0.15) is 0 Å². The Morgan fingerprint density at radius 1 is 0.421 bits per heavy atom. The molecule has 0 radical (unpaired) electrons. The molecule has 0 saturated heterocycles. The summed E-state index contributed by atoms with van der Waals surface area (Å²) in [4.78, 5) is 0. The van der Waals surface area contributed by atoms with Crippen LogP contribution < -0.4 is 2.85 Å². The minimum absolute atomic E-state index is 0.0110. The normalized spacial score (nSPS) is 12.8. The van der Waals surface area contributed by atoms with Crippen molar-refractivity contribution in [3.8, 4) is 5.75 Å². The Kier molecular flexibility index (Phi) is 8.82. The number of hydrogen-bond acceptors (Lipinski definition) is 1. The molecule has 0 saturated carbocycles. The van der Waals surface area contributed by atoms with E-state index in [0.29, 0.717) is 0 Å². The maximum atomic E-state index is 7.50. The third kappa shape index (κ3) is 7.14. The average Bonchev–Trinajstić information content (AvgIpc) is 2.90. The second-order valence-electron chi connectivity index (χ2n) is 12.9. The molecule has 0 aliphatic rings. The number of hydrogen-bond donors (Lipinski definition) is 0. The van der Waals surface area contributed by atoms with Crippen LogP contribution in [0, 0.1) is 0 Å². The van der Waals surface area contributed by atoms with Gasteiger partial charge in [-0.25, -0.2) is 0 Å². The van der Waals surface area contributed by atoms with Crippen LogP contribution in [0.2, 0.25) is 12.5 Å². The molecule has 0 aliphatic heterocycles. The predicted molar refractivity (Wildman–Crippen MR) is 160 cm³/mol. The van der Waals surface area contributed by atoms with Crippen LogP contribution >= 0.6 is 0 Å². The van der Waals surface area contributed by atoms with Crippen molar-refractivity contribution in [2.24, 2.45) is 0 Å². The Labute approximate surface area is 236 Å². The third-order valence-corrected chi connectivity index (χ3v) is 26.9. The molecule has 2 heteroatoms. The van der Waals surface area contributed by atoms with Gasteiger partial charge in [0, 0.05) is 0 Å². The Balaban J connectivity index is 1.85. The number of rotatable bonds is 11. The molecule has 0 bridgehead atoms. The van der Waals surface area contributed by atoms with Crippen molar-refractivity contribution < 1.29 is 23.3 Å². The van der Waals surface area contributed by atoms with Crippen LogP contribution in [0.5, 0.6) is 5.75 Å². The first-order chi connectivity index (χ1) is 18.0. The molecule has 0 amide bonds. The molecule has 0 heterocycles. The second kappa shape index (κ2) is 11.7. The van der Waals surface area contributed by atoms with Gasteiger partial charge in [0.15, 0.2) is 0 Å². The molecule has 0 atom stereocenters. The summed E-state index contributed by atoms with van der Waals surface area (Å²) in [6, 6.07) is 43.8. The molecule has 4 aromatic rings. The van der Waals surface area contributed by atoms with E-state index in [2.05, 4.69) is 163 Å². The molecule has 0 spiro atoms. The van der Waals surface area contributed by atoms with Crippen LogP contribution in [0.1, 0.15) is 58.2 Å². The molecule has 0 fully saturated rings. The van der Waals surface area contributed by atoms with E-state index in [0.717, 1.165) is 18.3 Å². The summed E-state index contributed by atoms with van der Waals surface area (Å²) in [5, 5.41) is 0. The number of benzene rings is 4. The fourth-order valence-electron chi connectivity index (χ4n) is 6.42. The van der Waals surface area contributed by atoms with Crippen LogP contribution in [0.15, 0.2) is 121 Å². The molecule has 0 aromatic heterocycles. The van der Waals surface area contributed by atoms with E-state index in [1.165, 1.54) is 16.7 Å². The summed E-state index contributed by atoms with van der Waals surface area (Å²) >= 11 is -3.73. The van der Waals surface area contributed by atoms with Crippen molar-refractivity contribution in [1.29, 1.82) is 0 Å². The van der Waals surface area contributed by atoms with Crippen LogP contribution in [0.3, 0.4) is 0 Å². The molecule has 38 heavy (non-hydrogen) atoms. The van der Waals surface area contributed by atoms with Crippen molar-refractivity contribution in [2.75, 3.05) is 0 Å². The van der Waals surface area contributed by atoms with Gasteiger partial charge in [-0.1, -0.05) is 0 Å². The van der Waals surface area contributed by atoms with E-state index >= 15 is 0 Å². The van der Waals surface area contributed by atoms with E-state index in [1.54, 1.807) is 0 Å². The van der Waals surface area contributed by atoms with E-state index in [1.807, 2.05) is 0 Å². The standard InChI is InChI=1S/3C10H13.C6H6O.Hf/c3*1-10(2,3)9-7-5-4-6-8-9;7-6-4-2-1-3-5-6;/h3*4-8H,1H2,2-3H3;1-5,7H;/q;;;;+1/p-1. The number of para-hydroxylation sites is 1.